The van der Waals surface area contributed by atoms with Crippen LogP contribution in [0.2, 0.25) is 0 Å². The number of aromatic nitrogens is 2. The van der Waals surface area contributed by atoms with Crippen LogP contribution in [0.15, 0.2) is 29.3 Å². The van der Waals surface area contributed by atoms with Gasteiger partial charge in [-0.25, -0.2) is 4.98 Å². The molecule has 7 heteroatoms. The lowest BCUT2D eigenvalue weighted by atomic mass is 10.1. The normalized spacial score (nSPS) is 20.4. The van der Waals surface area contributed by atoms with E-state index in [9.17, 15) is 14.7 Å². The van der Waals surface area contributed by atoms with Crippen molar-refractivity contribution in [2.24, 2.45) is 5.92 Å². The average Bonchev–Trinajstić information content (AvgIpc) is 2.98. The first-order valence-corrected chi connectivity index (χ1v) is 8.16. The number of β-amino-alcohol motifs (C(OH)–C–C–N with tert-alkyl or cyclic N) is 1. The number of benzene rings is 1. The third-order valence-corrected chi connectivity index (χ3v) is 4.50. The van der Waals surface area contributed by atoms with E-state index in [1.54, 1.807) is 6.07 Å². The second-order valence-electron chi connectivity index (χ2n) is 6.25. The van der Waals surface area contributed by atoms with Crippen LogP contribution in [-0.4, -0.2) is 46.3 Å². The Labute approximate surface area is 139 Å². The van der Waals surface area contributed by atoms with E-state index in [0.29, 0.717) is 30.5 Å². The fourth-order valence-corrected chi connectivity index (χ4v) is 2.98. The van der Waals surface area contributed by atoms with Gasteiger partial charge in [-0.2, -0.15) is 0 Å². The highest BCUT2D eigenvalue weighted by atomic mass is 16.3. The van der Waals surface area contributed by atoms with Gasteiger partial charge in [0.25, 0.3) is 5.56 Å². The predicted molar refractivity (Wildman–Crippen MR) is 90.7 cm³/mol. The average molecular weight is 330 g/mol. The zero-order valence-electron chi connectivity index (χ0n) is 13.7. The van der Waals surface area contributed by atoms with E-state index in [0.717, 1.165) is 5.56 Å². The molecule has 1 amide bonds. The van der Waals surface area contributed by atoms with Gasteiger partial charge in [0.05, 0.1) is 23.3 Å². The Morgan fingerprint density at radius 1 is 1.46 bits per heavy atom. The van der Waals surface area contributed by atoms with Gasteiger partial charge in [-0.15, -0.1) is 0 Å². The highest BCUT2D eigenvalue weighted by Crippen LogP contribution is 2.11. The minimum absolute atomic E-state index is 0.0435. The first-order valence-electron chi connectivity index (χ1n) is 8.16. The summed E-state index contributed by atoms with van der Waals surface area (Å²) in [5.74, 6) is -0.0904. The van der Waals surface area contributed by atoms with Gasteiger partial charge in [0.15, 0.2) is 0 Å². The SMILES string of the molecule is Cc1cccc2c(=O)n(CCC(=O)NCC3CNCC3O)cnc12. The maximum atomic E-state index is 12.5. The number of amides is 1. The smallest absolute Gasteiger partial charge is 0.261 e. The van der Waals surface area contributed by atoms with Crippen LogP contribution >= 0.6 is 0 Å². The summed E-state index contributed by atoms with van der Waals surface area (Å²) in [6.45, 7) is 3.91. The Balaban J connectivity index is 1.60. The minimum atomic E-state index is -0.416. The van der Waals surface area contributed by atoms with Crippen molar-refractivity contribution in [3.05, 3.63) is 40.4 Å². The first-order chi connectivity index (χ1) is 11.6. The van der Waals surface area contributed by atoms with Crippen molar-refractivity contribution in [2.75, 3.05) is 19.6 Å². The summed E-state index contributed by atoms with van der Waals surface area (Å²) in [6, 6.07) is 5.50. The standard InChI is InChI=1S/C17H22N4O3/c1-11-3-2-4-13-16(11)20-10-21(17(13)24)6-5-15(23)19-8-12-7-18-9-14(12)22/h2-4,10,12,14,18,22H,5-9H2,1H3,(H,19,23). The summed E-state index contributed by atoms with van der Waals surface area (Å²) >= 11 is 0. The first kappa shape index (κ1) is 16.6. The molecule has 24 heavy (non-hydrogen) atoms. The van der Waals surface area contributed by atoms with E-state index in [2.05, 4.69) is 15.6 Å². The number of carbonyl (C=O) groups excluding carboxylic acids is 1. The lowest BCUT2D eigenvalue weighted by Crippen LogP contribution is -2.35. The second-order valence-corrected chi connectivity index (χ2v) is 6.25. The minimum Gasteiger partial charge on any atom is -0.391 e. The van der Waals surface area contributed by atoms with Crippen molar-refractivity contribution < 1.29 is 9.90 Å². The monoisotopic (exact) mass is 330 g/mol. The molecule has 0 bridgehead atoms. The molecule has 128 valence electrons. The van der Waals surface area contributed by atoms with Crippen molar-refractivity contribution in [3.8, 4) is 0 Å². The molecule has 1 saturated heterocycles. The molecule has 1 fully saturated rings. The molecule has 2 unspecified atom stereocenters. The van der Waals surface area contributed by atoms with Crippen LogP contribution in [-0.2, 0) is 11.3 Å². The molecule has 7 nitrogen and oxygen atoms in total. The Bertz CT molecular complexity index is 802. The van der Waals surface area contributed by atoms with Crippen LogP contribution in [0.1, 0.15) is 12.0 Å². The number of nitrogens with zero attached hydrogens (tertiary/aromatic N) is 2. The van der Waals surface area contributed by atoms with Gasteiger partial charge in [-0.05, 0) is 18.6 Å². The maximum Gasteiger partial charge on any atom is 0.261 e. The Morgan fingerprint density at radius 3 is 3.04 bits per heavy atom. The number of para-hydroxylation sites is 1. The third-order valence-electron chi connectivity index (χ3n) is 4.50. The summed E-state index contributed by atoms with van der Waals surface area (Å²) < 4.78 is 1.47. The lowest BCUT2D eigenvalue weighted by molar-refractivity contribution is -0.121. The molecule has 2 heterocycles. The zero-order valence-corrected chi connectivity index (χ0v) is 13.7. The van der Waals surface area contributed by atoms with Crippen LogP contribution in [0.5, 0.6) is 0 Å². The Kier molecular flexibility index (Phi) is 4.92. The van der Waals surface area contributed by atoms with E-state index in [1.165, 1.54) is 10.9 Å². The van der Waals surface area contributed by atoms with E-state index < -0.39 is 6.10 Å². The van der Waals surface area contributed by atoms with Crippen molar-refractivity contribution in [1.29, 1.82) is 0 Å². The molecule has 0 spiro atoms. The van der Waals surface area contributed by atoms with Crippen LogP contribution in [0.25, 0.3) is 10.9 Å². The van der Waals surface area contributed by atoms with E-state index in [-0.39, 0.29) is 30.3 Å². The highest BCUT2D eigenvalue weighted by molar-refractivity contribution is 5.80. The van der Waals surface area contributed by atoms with Gasteiger partial charge in [0.2, 0.25) is 5.91 Å². The Hall–Kier alpha value is -2.25. The van der Waals surface area contributed by atoms with Crippen LogP contribution in [0.4, 0.5) is 0 Å². The van der Waals surface area contributed by atoms with E-state index in [4.69, 9.17) is 0 Å². The van der Waals surface area contributed by atoms with Crippen LogP contribution in [0.3, 0.4) is 0 Å². The number of hydrogen-bond acceptors (Lipinski definition) is 5. The molecule has 2 aromatic rings. The molecule has 1 aromatic heterocycles. The second kappa shape index (κ2) is 7.11. The van der Waals surface area contributed by atoms with Crippen LogP contribution in [0, 0.1) is 12.8 Å². The lowest BCUT2D eigenvalue weighted by Gasteiger charge is -2.14. The molecule has 3 N–H and O–H groups in total. The number of fused-ring (bicyclic) bond motifs is 1. The Morgan fingerprint density at radius 2 is 2.29 bits per heavy atom. The molecular formula is C17H22N4O3. The molecule has 0 radical (unpaired) electrons. The quantitative estimate of drug-likeness (QED) is 0.705. The number of hydrogen-bond donors (Lipinski definition) is 3. The van der Waals surface area contributed by atoms with Crippen molar-refractivity contribution in [3.63, 3.8) is 0 Å². The molecule has 0 saturated carbocycles. The van der Waals surface area contributed by atoms with E-state index >= 15 is 0 Å². The topological polar surface area (TPSA) is 96.2 Å². The van der Waals surface area contributed by atoms with Gasteiger partial charge >= 0.3 is 0 Å². The van der Waals surface area contributed by atoms with Gasteiger partial charge in [0.1, 0.15) is 0 Å². The summed E-state index contributed by atoms with van der Waals surface area (Å²) in [6.07, 6.45) is 1.28. The van der Waals surface area contributed by atoms with Crippen LogP contribution < -0.4 is 16.2 Å². The number of aliphatic hydroxyl groups is 1. The molecular weight excluding hydrogens is 308 g/mol. The summed E-state index contributed by atoms with van der Waals surface area (Å²) in [5.41, 5.74) is 1.52. The van der Waals surface area contributed by atoms with Gasteiger partial charge in [-0.1, -0.05) is 12.1 Å². The number of nitrogens with one attached hydrogen (secondary N) is 2. The summed E-state index contributed by atoms with van der Waals surface area (Å²) in [4.78, 5) is 28.7. The zero-order chi connectivity index (χ0) is 17.1. The van der Waals surface area contributed by atoms with Crippen molar-refractivity contribution in [1.82, 2.24) is 20.2 Å². The largest absolute Gasteiger partial charge is 0.391 e. The number of aliphatic hydroxyl groups excluding tert-OH is 1. The van der Waals surface area contributed by atoms with Crippen molar-refractivity contribution >= 4 is 16.8 Å². The number of carbonyl (C=O) groups is 1. The van der Waals surface area contributed by atoms with Gasteiger partial charge in [-0.3, -0.25) is 14.2 Å². The number of rotatable bonds is 5. The summed E-state index contributed by atoms with van der Waals surface area (Å²) in [5, 5.41) is 16.2. The predicted octanol–water partition coefficient (Wildman–Crippen LogP) is -0.208. The van der Waals surface area contributed by atoms with Gasteiger partial charge in [0, 0.05) is 38.5 Å². The number of aryl methyl sites for hydroxylation is 2. The highest BCUT2D eigenvalue weighted by Gasteiger charge is 2.24. The molecule has 3 rings (SSSR count). The molecule has 0 aliphatic carbocycles. The molecule has 1 aromatic carbocycles. The fourth-order valence-electron chi connectivity index (χ4n) is 2.98. The third kappa shape index (κ3) is 3.47. The maximum absolute atomic E-state index is 12.5. The fraction of sp³-hybridized carbons (Fsp3) is 0.471. The molecule has 1 aliphatic heterocycles. The van der Waals surface area contributed by atoms with Gasteiger partial charge < -0.3 is 15.7 Å². The van der Waals surface area contributed by atoms with Crippen molar-refractivity contribution in [2.45, 2.75) is 26.0 Å². The molecule has 2 atom stereocenters. The summed E-state index contributed by atoms with van der Waals surface area (Å²) in [7, 11) is 0. The molecule has 1 aliphatic rings. The van der Waals surface area contributed by atoms with E-state index in [1.807, 2.05) is 19.1 Å².